The van der Waals surface area contributed by atoms with Crippen LogP contribution in [0.25, 0.3) is 0 Å². The molecule has 0 atom stereocenters. The van der Waals surface area contributed by atoms with Crippen LogP contribution in [0.2, 0.25) is 5.02 Å². The Balaban J connectivity index is 0.000000199. The molecule has 0 aromatic heterocycles. The summed E-state index contributed by atoms with van der Waals surface area (Å²) in [6.07, 6.45) is 3.94. The number of carbonyl (C=O) groups is 1. The van der Waals surface area contributed by atoms with E-state index < -0.39 is 0 Å². The number of piperidine rings is 1. The first-order chi connectivity index (χ1) is 8.83. The smallest absolute Gasteiger partial charge is 0.293 e. The van der Waals surface area contributed by atoms with E-state index in [1.54, 1.807) is 0 Å². The van der Waals surface area contributed by atoms with Gasteiger partial charge in [0.05, 0.1) is 0 Å². The van der Waals surface area contributed by atoms with Crippen LogP contribution >= 0.6 is 11.6 Å². The van der Waals surface area contributed by atoms with Crippen LogP contribution in [0.3, 0.4) is 0 Å². The molecule has 0 bridgehead atoms. The fraction of sp³-hybridized carbons (Fsp3) is 0.500. The lowest BCUT2D eigenvalue weighted by atomic mass is 10.1. The fourth-order valence-electron chi connectivity index (χ4n) is 1.83. The number of halogens is 1. The predicted molar refractivity (Wildman–Crippen MR) is 73.8 cm³/mol. The highest BCUT2D eigenvalue weighted by Crippen LogP contribution is 2.07. The second kappa shape index (κ2) is 9.92. The van der Waals surface area contributed by atoms with Gasteiger partial charge in [-0.25, -0.2) is 0 Å². The van der Waals surface area contributed by atoms with Crippen molar-refractivity contribution in [3.63, 3.8) is 0 Å². The Labute approximate surface area is 114 Å². The van der Waals surface area contributed by atoms with E-state index in [4.69, 9.17) is 11.6 Å². The number of rotatable bonds is 4. The SMILES string of the molecule is Clc1ccccc1.O=COCCN1CCCCC1. The molecule has 1 fully saturated rings. The highest BCUT2D eigenvalue weighted by Gasteiger charge is 2.08. The molecule has 0 spiro atoms. The fourth-order valence-corrected chi connectivity index (χ4v) is 1.97. The van der Waals surface area contributed by atoms with Crippen molar-refractivity contribution in [3.8, 4) is 0 Å². The minimum Gasteiger partial charge on any atom is -0.467 e. The van der Waals surface area contributed by atoms with Gasteiger partial charge in [-0.3, -0.25) is 9.69 Å². The van der Waals surface area contributed by atoms with Gasteiger partial charge in [0, 0.05) is 11.6 Å². The molecule has 2 rings (SSSR count). The number of nitrogens with zero attached hydrogens (tertiary/aromatic N) is 1. The molecular formula is C14H20ClNO2. The highest BCUT2D eigenvalue weighted by molar-refractivity contribution is 6.30. The maximum absolute atomic E-state index is 9.81. The van der Waals surface area contributed by atoms with E-state index in [1.165, 1.54) is 32.4 Å². The molecule has 100 valence electrons. The molecule has 3 nitrogen and oxygen atoms in total. The van der Waals surface area contributed by atoms with Gasteiger partial charge < -0.3 is 4.74 Å². The van der Waals surface area contributed by atoms with Crippen molar-refractivity contribution in [1.29, 1.82) is 0 Å². The average molecular weight is 270 g/mol. The minimum absolute atomic E-state index is 0.518. The summed E-state index contributed by atoms with van der Waals surface area (Å²) in [5.41, 5.74) is 0. The van der Waals surface area contributed by atoms with Gasteiger partial charge in [-0.15, -0.1) is 0 Å². The maximum Gasteiger partial charge on any atom is 0.293 e. The monoisotopic (exact) mass is 269 g/mol. The third kappa shape index (κ3) is 7.30. The molecule has 0 aliphatic carbocycles. The second-order valence-corrected chi connectivity index (χ2v) is 4.60. The number of hydrogen-bond acceptors (Lipinski definition) is 3. The largest absolute Gasteiger partial charge is 0.467 e. The zero-order chi connectivity index (χ0) is 13.1. The maximum atomic E-state index is 9.81. The van der Waals surface area contributed by atoms with Crippen LogP contribution in [-0.4, -0.2) is 37.6 Å². The first-order valence-electron chi connectivity index (χ1n) is 6.31. The van der Waals surface area contributed by atoms with Crippen molar-refractivity contribution in [1.82, 2.24) is 4.90 Å². The van der Waals surface area contributed by atoms with Crippen LogP contribution in [0.4, 0.5) is 0 Å². The summed E-state index contributed by atoms with van der Waals surface area (Å²) in [6.45, 7) is 4.30. The first-order valence-corrected chi connectivity index (χ1v) is 6.69. The van der Waals surface area contributed by atoms with Crippen LogP contribution in [-0.2, 0) is 9.53 Å². The van der Waals surface area contributed by atoms with Gasteiger partial charge in [-0.2, -0.15) is 0 Å². The van der Waals surface area contributed by atoms with Gasteiger partial charge in [0.15, 0.2) is 0 Å². The number of likely N-dealkylation sites (tertiary alicyclic amines) is 1. The zero-order valence-corrected chi connectivity index (χ0v) is 11.3. The van der Waals surface area contributed by atoms with E-state index in [1.807, 2.05) is 30.3 Å². The summed E-state index contributed by atoms with van der Waals surface area (Å²) in [6, 6.07) is 9.44. The lowest BCUT2D eigenvalue weighted by Gasteiger charge is -2.25. The summed E-state index contributed by atoms with van der Waals surface area (Å²) in [7, 11) is 0. The number of ether oxygens (including phenoxy) is 1. The van der Waals surface area contributed by atoms with Crippen LogP contribution in [0, 0.1) is 0 Å². The normalized spacial score (nSPS) is 15.4. The molecule has 0 radical (unpaired) electrons. The number of benzene rings is 1. The molecule has 1 aliphatic heterocycles. The Hall–Kier alpha value is -1.06. The van der Waals surface area contributed by atoms with Crippen molar-refractivity contribution in [3.05, 3.63) is 35.4 Å². The van der Waals surface area contributed by atoms with E-state index in [2.05, 4.69) is 9.64 Å². The second-order valence-electron chi connectivity index (χ2n) is 4.16. The van der Waals surface area contributed by atoms with Crippen molar-refractivity contribution in [2.24, 2.45) is 0 Å². The van der Waals surface area contributed by atoms with Crippen molar-refractivity contribution in [2.45, 2.75) is 19.3 Å². The Morgan fingerprint density at radius 3 is 2.33 bits per heavy atom. The van der Waals surface area contributed by atoms with Crippen molar-refractivity contribution < 1.29 is 9.53 Å². The molecule has 0 amide bonds. The van der Waals surface area contributed by atoms with E-state index >= 15 is 0 Å². The summed E-state index contributed by atoms with van der Waals surface area (Å²) >= 11 is 5.54. The predicted octanol–water partition coefficient (Wildman–Crippen LogP) is 2.99. The molecule has 1 aromatic rings. The number of hydrogen-bond donors (Lipinski definition) is 0. The molecule has 1 saturated heterocycles. The number of carbonyl (C=O) groups excluding carboxylic acids is 1. The lowest BCUT2D eigenvalue weighted by molar-refractivity contribution is -0.129. The minimum atomic E-state index is 0.518. The molecule has 18 heavy (non-hydrogen) atoms. The molecule has 1 aromatic carbocycles. The first kappa shape index (κ1) is 15.0. The van der Waals surface area contributed by atoms with Gasteiger partial charge in [-0.05, 0) is 38.1 Å². The molecule has 4 heteroatoms. The molecule has 0 saturated carbocycles. The van der Waals surface area contributed by atoms with Gasteiger partial charge >= 0.3 is 0 Å². The van der Waals surface area contributed by atoms with Gasteiger partial charge in [0.1, 0.15) is 6.61 Å². The quantitative estimate of drug-likeness (QED) is 0.622. The van der Waals surface area contributed by atoms with Crippen LogP contribution < -0.4 is 0 Å². The van der Waals surface area contributed by atoms with Crippen molar-refractivity contribution in [2.75, 3.05) is 26.2 Å². The van der Waals surface area contributed by atoms with Crippen LogP contribution in [0.1, 0.15) is 19.3 Å². The molecule has 1 aliphatic rings. The Morgan fingerprint density at radius 1 is 1.17 bits per heavy atom. The van der Waals surface area contributed by atoms with E-state index in [9.17, 15) is 4.79 Å². The van der Waals surface area contributed by atoms with Gasteiger partial charge in [0.25, 0.3) is 6.47 Å². The third-order valence-electron chi connectivity index (χ3n) is 2.78. The lowest BCUT2D eigenvalue weighted by Crippen LogP contribution is -2.32. The van der Waals surface area contributed by atoms with Crippen molar-refractivity contribution >= 4 is 18.1 Å². The van der Waals surface area contributed by atoms with Gasteiger partial charge in [-0.1, -0.05) is 36.2 Å². The summed E-state index contributed by atoms with van der Waals surface area (Å²) in [4.78, 5) is 12.1. The molecular weight excluding hydrogens is 250 g/mol. The van der Waals surface area contributed by atoms with Gasteiger partial charge in [0.2, 0.25) is 0 Å². The summed E-state index contributed by atoms with van der Waals surface area (Å²) < 4.78 is 4.61. The van der Waals surface area contributed by atoms with E-state index in [0.29, 0.717) is 13.1 Å². The Bertz CT molecular complexity index is 313. The van der Waals surface area contributed by atoms with E-state index in [0.717, 1.165) is 11.6 Å². The third-order valence-corrected chi connectivity index (χ3v) is 3.03. The van der Waals surface area contributed by atoms with E-state index in [-0.39, 0.29) is 0 Å². The molecule has 0 N–H and O–H groups in total. The highest BCUT2D eigenvalue weighted by atomic mass is 35.5. The summed E-state index contributed by atoms with van der Waals surface area (Å²) in [5, 5.41) is 0.794. The standard InChI is InChI=1S/C8H15NO2.C6H5Cl/c10-8-11-7-6-9-4-2-1-3-5-9;7-6-4-2-1-3-5-6/h8H,1-7H2;1-5H. The molecule has 0 unspecified atom stereocenters. The Kier molecular flexibility index (Phi) is 8.26. The molecule has 1 heterocycles. The zero-order valence-electron chi connectivity index (χ0n) is 10.6. The van der Waals surface area contributed by atoms with Crippen LogP contribution in [0.5, 0.6) is 0 Å². The van der Waals surface area contributed by atoms with Crippen LogP contribution in [0.15, 0.2) is 30.3 Å². The average Bonchev–Trinajstić information content (AvgIpc) is 2.42. The summed E-state index contributed by atoms with van der Waals surface area (Å²) in [5.74, 6) is 0. The topological polar surface area (TPSA) is 29.5 Å². The Morgan fingerprint density at radius 2 is 1.83 bits per heavy atom.